The molecule has 2 aromatic rings. The van der Waals surface area contributed by atoms with Crippen LogP contribution in [0.3, 0.4) is 0 Å². The van der Waals surface area contributed by atoms with Crippen LogP contribution in [-0.2, 0) is 21.9 Å². The molecule has 0 N–H and O–H groups in total. The van der Waals surface area contributed by atoms with E-state index >= 15 is 0 Å². The summed E-state index contributed by atoms with van der Waals surface area (Å²) in [5.41, 5.74) is 1.75. The summed E-state index contributed by atoms with van der Waals surface area (Å²) in [5, 5.41) is 0. The smallest absolute Gasteiger partial charge is 0.339 e. The fourth-order valence-corrected chi connectivity index (χ4v) is 2.42. The number of rotatable bonds is 4. The average Bonchev–Trinajstić information content (AvgIpc) is 2.78. The maximum atomic E-state index is 11.6. The lowest BCUT2D eigenvalue weighted by Crippen LogP contribution is -2.31. The van der Waals surface area contributed by atoms with Crippen molar-refractivity contribution >= 4 is 28.7 Å². The van der Waals surface area contributed by atoms with Crippen LogP contribution in [-0.4, -0.2) is 40.3 Å². The molecule has 0 aromatic carbocycles. The molecule has 0 radical (unpaired) electrons. The first-order valence-electron chi connectivity index (χ1n) is 6.34. The molecular weight excluding hydrogens is 282 g/mol. The van der Waals surface area contributed by atoms with Crippen molar-refractivity contribution in [3.05, 3.63) is 23.7 Å². The number of carbonyl (C=O) groups excluding carboxylic acids is 1. The first kappa shape index (κ1) is 13.3. The molecule has 0 bridgehead atoms. The number of hydrogen-bond donors (Lipinski definition) is 0. The number of halogens is 1. The van der Waals surface area contributed by atoms with E-state index in [1.165, 1.54) is 13.3 Å². The maximum Gasteiger partial charge on any atom is 0.339 e. The number of fused-ring (bicyclic) bond motifs is 1. The number of carbonyl (C=O) groups is 1. The Morgan fingerprint density at radius 3 is 3.05 bits per heavy atom. The quantitative estimate of drug-likeness (QED) is 0.635. The zero-order valence-corrected chi connectivity index (χ0v) is 11.8. The molecule has 0 unspecified atom stereocenters. The van der Waals surface area contributed by atoms with E-state index in [0.29, 0.717) is 17.8 Å². The van der Waals surface area contributed by atoms with Gasteiger partial charge in [-0.05, 0) is 12.5 Å². The van der Waals surface area contributed by atoms with Gasteiger partial charge in [-0.15, -0.1) is 11.6 Å². The van der Waals surface area contributed by atoms with Crippen LogP contribution < -0.4 is 0 Å². The minimum Gasteiger partial charge on any atom is -0.465 e. The number of imidazole rings is 1. The lowest BCUT2D eigenvalue weighted by molar-refractivity contribution is -0.0589. The number of methoxy groups -OCH3 is 1. The lowest BCUT2D eigenvalue weighted by Gasteiger charge is -2.27. The first-order chi connectivity index (χ1) is 9.72. The molecule has 2 aromatic heterocycles. The van der Waals surface area contributed by atoms with Gasteiger partial charge >= 0.3 is 5.97 Å². The summed E-state index contributed by atoms with van der Waals surface area (Å²) in [4.78, 5) is 20.2. The molecule has 0 spiro atoms. The van der Waals surface area contributed by atoms with Crippen LogP contribution in [0.25, 0.3) is 11.2 Å². The highest BCUT2D eigenvalue weighted by Gasteiger charge is 2.22. The second-order valence-corrected chi connectivity index (χ2v) is 4.88. The number of esters is 1. The molecule has 1 aliphatic heterocycles. The molecule has 1 atom stereocenters. The minimum absolute atomic E-state index is 0.177. The Labute approximate surface area is 120 Å². The van der Waals surface area contributed by atoms with Crippen molar-refractivity contribution in [2.75, 3.05) is 13.7 Å². The summed E-state index contributed by atoms with van der Waals surface area (Å²) in [6.07, 6.45) is 2.66. The summed E-state index contributed by atoms with van der Waals surface area (Å²) >= 11 is 5.93. The van der Waals surface area contributed by atoms with Crippen molar-refractivity contribution in [2.24, 2.45) is 0 Å². The fourth-order valence-electron chi connectivity index (χ4n) is 2.22. The van der Waals surface area contributed by atoms with E-state index in [0.717, 1.165) is 24.4 Å². The van der Waals surface area contributed by atoms with Gasteiger partial charge in [0.25, 0.3) is 0 Å². The lowest BCUT2D eigenvalue weighted by atomic mass is 10.2. The maximum absolute atomic E-state index is 11.6. The zero-order chi connectivity index (χ0) is 14.1. The topological polar surface area (TPSA) is 66.2 Å². The minimum atomic E-state index is -0.417. The number of ether oxygens (including phenoxy) is 2. The van der Waals surface area contributed by atoms with Gasteiger partial charge in [0, 0.05) is 12.8 Å². The number of pyridine rings is 1. The molecule has 1 fully saturated rings. The van der Waals surface area contributed by atoms with Gasteiger partial charge in [0.05, 0.1) is 36.7 Å². The summed E-state index contributed by atoms with van der Waals surface area (Å²) in [7, 11) is 1.34. The van der Waals surface area contributed by atoms with Gasteiger partial charge in [-0.1, -0.05) is 0 Å². The highest BCUT2D eigenvalue weighted by atomic mass is 35.5. The molecule has 106 valence electrons. The van der Waals surface area contributed by atoms with Crippen LogP contribution in [0.2, 0.25) is 0 Å². The highest BCUT2D eigenvalue weighted by Crippen LogP contribution is 2.21. The van der Waals surface area contributed by atoms with Gasteiger partial charge in [-0.2, -0.15) is 0 Å². The van der Waals surface area contributed by atoms with Gasteiger partial charge in [-0.3, -0.25) is 0 Å². The van der Waals surface area contributed by atoms with Crippen LogP contribution in [0.5, 0.6) is 0 Å². The molecule has 1 aliphatic rings. The molecule has 20 heavy (non-hydrogen) atoms. The second kappa shape index (κ2) is 5.38. The van der Waals surface area contributed by atoms with E-state index < -0.39 is 5.97 Å². The van der Waals surface area contributed by atoms with Crippen molar-refractivity contribution in [3.8, 4) is 0 Å². The van der Waals surface area contributed by atoms with Crippen LogP contribution in [0.4, 0.5) is 0 Å². The number of nitrogens with zero attached hydrogens (tertiary/aromatic N) is 3. The van der Waals surface area contributed by atoms with Crippen LogP contribution in [0.1, 0.15) is 22.6 Å². The predicted molar refractivity (Wildman–Crippen MR) is 72.8 cm³/mol. The van der Waals surface area contributed by atoms with E-state index in [-0.39, 0.29) is 12.0 Å². The van der Waals surface area contributed by atoms with Gasteiger partial charge in [0.15, 0.2) is 5.65 Å². The van der Waals surface area contributed by atoms with Gasteiger partial charge in [0.2, 0.25) is 0 Å². The van der Waals surface area contributed by atoms with Crippen molar-refractivity contribution in [1.82, 2.24) is 14.5 Å². The van der Waals surface area contributed by atoms with Crippen molar-refractivity contribution in [3.63, 3.8) is 0 Å². The predicted octanol–water partition coefficient (Wildman–Crippen LogP) is 1.75. The van der Waals surface area contributed by atoms with Gasteiger partial charge < -0.3 is 14.0 Å². The zero-order valence-electron chi connectivity index (χ0n) is 11.0. The summed E-state index contributed by atoms with van der Waals surface area (Å²) in [6, 6.07) is 1.73. The van der Waals surface area contributed by atoms with Crippen LogP contribution in [0.15, 0.2) is 12.3 Å². The Bertz CT molecular complexity index is 652. The van der Waals surface area contributed by atoms with E-state index in [1.807, 2.05) is 4.57 Å². The Kier molecular flexibility index (Phi) is 3.58. The summed E-state index contributed by atoms with van der Waals surface area (Å²) in [6.45, 7) is 1.46. The van der Waals surface area contributed by atoms with E-state index in [1.54, 1.807) is 6.07 Å². The van der Waals surface area contributed by atoms with Crippen molar-refractivity contribution in [1.29, 1.82) is 0 Å². The monoisotopic (exact) mass is 295 g/mol. The largest absolute Gasteiger partial charge is 0.465 e. The molecule has 3 heterocycles. The Balaban J connectivity index is 2.05. The highest BCUT2D eigenvalue weighted by molar-refractivity contribution is 6.16. The van der Waals surface area contributed by atoms with Crippen LogP contribution >= 0.6 is 11.6 Å². The molecule has 0 amide bonds. The van der Waals surface area contributed by atoms with Crippen molar-refractivity contribution < 1.29 is 14.3 Å². The molecule has 1 saturated heterocycles. The molecule has 3 rings (SSSR count). The van der Waals surface area contributed by atoms with E-state index in [2.05, 4.69) is 9.97 Å². The molecule has 0 saturated carbocycles. The van der Waals surface area contributed by atoms with Crippen molar-refractivity contribution in [2.45, 2.75) is 24.9 Å². The molecule has 7 heteroatoms. The third-order valence-corrected chi connectivity index (χ3v) is 3.64. The standard InChI is InChI=1S/C13H14ClN3O3/c1-19-13(18)8-4-10-12(15-6-8)16-11(5-14)17(10)7-9-2-3-20-9/h4,6,9H,2-3,5,7H2,1H3/t9-/m0/s1. The Morgan fingerprint density at radius 1 is 1.65 bits per heavy atom. The Morgan fingerprint density at radius 2 is 2.45 bits per heavy atom. The fraction of sp³-hybridized carbons (Fsp3) is 0.462. The van der Waals surface area contributed by atoms with E-state index in [4.69, 9.17) is 21.1 Å². The Hall–Kier alpha value is -1.66. The number of aromatic nitrogens is 3. The number of alkyl halides is 1. The first-order valence-corrected chi connectivity index (χ1v) is 6.87. The third kappa shape index (κ3) is 2.25. The molecule has 0 aliphatic carbocycles. The van der Waals surface area contributed by atoms with Crippen LogP contribution in [0, 0.1) is 0 Å². The summed E-state index contributed by atoms with van der Waals surface area (Å²) in [5.74, 6) is 0.600. The van der Waals surface area contributed by atoms with Gasteiger partial charge in [-0.25, -0.2) is 14.8 Å². The normalized spacial score (nSPS) is 18.0. The van der Waals surface area contributed by atoms with E-state index in [9.17, 15) is 4.79 Å². The third-order valence-electron chi connectivity index (χ3n) is 3.40. The molecule has 6 nitrogen and oxygen atoms in total. The number of hydrogen-bond acceptors (Lipinski definition) is 5. The molecular formula is C13H14ClN3O3. The average molecular weight is 296 g/mol. The van der Waals surface area contributed by atoms with Gasteiger partial charge in [0.1, 0.15) is 5.82 Å². The summed E-state index contributed by atoms with van der Waals surface area (Å²) < 4.78 is 12.1. The SMILES string of the molecule is COC(=O)c1cnc2nc(CCl)n(C[C@@H]3CCO3)c2c1. The second-order valence-electron chi connectivity index (χ2n) is 4.61.